The maximum atomic E-state index is 4.42. The first-order valence-corrected chi connectivity index (χ1v) is 8.08. The van der Waals surface area contributed by atoms with Gasteiger partial charge in [-0.2, -0.15) is 5.10 Å². The fourth-order valence-corrected chi connectivity index (χ4v) is 3.64. The highest BCUT2D eigenvalue weighted by atomic mass is 15.3. The number of benzene rings is 1. The lowest BCUT2D eigenvalue weighted by atomic mass is 9.86. The average Bonchev–Trinajstić information content (AvgIpc) is 2.89. The molecule has 2 unspecified atom stereocenters. The first kappa shape index (κ1) is 14.3. The fraction of sp³-hybridized carbons (Fsp3) is 0.500. The lowest BCUT2D eigenvalue weighted by Crippen LogP contribution is -2.26. The van der Waals surface area contributed by atoms with E-state index in [4.69, 9.17) is 0 Å². The Morgan fingerprint density at radius 2 is 2.19 bits per heavy atom. The molecule has 21 heavy (non-hydrogen) atoms. The Labute approximate surface area is 127 Å². The second-order valence-electron chi connectivity index (χ2n) is 6.03. The molecular formula is C18H25N3. The summed E-state index contributed by atoms with van der Waals surface area (Å²) in [7, 11) is 2.09. The summed E-state index contributed by atoms with van der Waals surface area (Å²) < 4.78 is 2.02. The largest absolute Gasteiger partial charge is 0.313 e. The number of aromatic nitrogens is 2. The van der Waals surface area contributed by atoms with Crippen LogP contribution in [0.5, 0.6) is 0 Å². The van der Waals surface area contributed by atoms with Gasteiger partial charge in [0, 0.05) is 18.8 Å². The number of hydrogen-bond acceptors (Lipinski definition) is 2. The van der Waals surface area contributed by atoms with Crippen molar-refractivity contribution >= 4 is 0 Å². The van der Waals surface area contributed by atoms with E-state index in [1.807, 2.05) is 10.9 Å². The first-order valence-electron chi connectivity index (χ1n) is 8.08. The topological polar surface area (TPSA) is 29.9 Å². The summed E-state index contributed by atoms with van der Waals surface area (Å²) in [5.41, 5.74) is 4.37. The number of rotatable bonds is 4. The van der Waals surface area contributed by atoms with Crippen molar-refractivity contribution in [3.8, 4) is 0 Å². The van der Waals surface area contributed by atoms with Gasteiger partial charge in [-0.05, 0) is 62.3 Å². The van der Waals surface area contributed by atoms with Gasteiger partial charge in [-0.15, -0.1) is 0 Å². The van der Waals surface area contributed by atoms with Crippen molar-refractivity contribution in [1.82, 2.24) is 15.1 Å². The van der Waals surface area contributed by atoms with E-state index in [2.05, 4.69) is 54.8 Å². The lowest BCUT2D eigenvalue weighted by molar-refractivity contribution is 0.359. The molecule has 0 radical (unpaired) electrons. The number of nitrogens with zero attached hydrogens (tertiary/aromatic N) is 2. The van der Waals surface area contributed by atoms with Gasteiger partial charge in [0.25, 0.3) is 0 Å². The van der Waals surface area contributed by atoms with Crippen molar-refractivity contribution in [2.45, 2.75) is 45.2 Å². The molecule has 0 saturated heterocycles. The molecule has 0 aliphatic heterocycles. The van der Waals surface area contributed by atoms with E-state index in [1.54, 1.807) is 0 Å². The van der Waals surface area contributed by atoms with Crippen molar-refractivity contribution in [2.24, 2.45) is 5.92 Å². The van der Waals surface area contributed by atoms with Gasteiger partial charge in [-0.25, -0.2) is 0 Å². The minimum absolute atomic E-state index is 0.452. The summed E-state index contributed by atoms with van der Waals surface area (Å²) in [5, 5.41) is 7.98. The molecule has 0 spiro atoms. The number of aryl methyl sites for hydroxylation is 2. The van der Waals surface area contributed by atoms with Gasteiger partial charge in [0.15, 0.2) is 0 Å². The Balaban J connectivity index is 1.84. The van der Waals surface area contributed by atoms with E-state index >= 15 is 0 Å². The van der Waals surface area contributed by atoms with Crippen LogP contribution in [0, 0.1) is 5.92 Å². The van der Waals surface area contributed by atoms with Gasteiger partial charge >= 0.3 is 0 Å². The van der Waals surface area contributed by atoms with E-state index in [9.17, 15) is 0 Å². The molecule has 0 bridgehead atoms. The van der Waals surface area contributed by atoms with Crippen molar-refractivity contribution < 1.29 is 0 Å². The molecule has 2 atom stereocenters. The predicted molar refractivity (Wildman–Crippen MR) is 86.3 cm³/mol. The second-order valence-corrected chi connectivity index (χ2v) is 6.03. The molecule has 3 nitrogen and oxygen atoms in total. The van der Waals surface area contributed by atoms with Gasteiger partial charge in [-0.3, -0.25) is 4.68 Å². The number of hydrogen-bond donors (Lipinski definition) is 1. The molecule has 112 valence electrons. The highest BCUT2D eigenvalue weighted by Crippen LogP contribution is 2.34. The molecule has 1 aromatic heterocycles. The van der Waals surface area contributed by atoms with Crippen LogP contribution in [0.3, 0.4) is 0 Å². The van der Waals surface area contributed by atoms with Gasteiger partial charge in [0.1, 0.15) is 0 Å². The van der Waals surface area contributed by atoms with Crippen LogP contribution in [0.1, 0.15) is 42.5 Å². The zero-order chi connectivity index (χ0) is 14.7. The predicted octanol–water partition coefficient (Wildman–Crippen LogP) is 3.36. The quantitative estimate of drug-likeness (QED) is 0.872. The summed E-state index contributed by atoms with van der Waals surface area (Å²) in [6.45, 7) is 3.08. The van der Waals surface area contributed by atoms with Crippen LogP contribution in [-0.4, -0.2) is 16.8 Å². The summed E-state index contributed by atoms with van der Waals surface area (Å²) in [6, 6.07) is 9.37. The monoisotopic (exact) mass is 283 g/mol. The zero-order valence-corrected chi connectivity index (χ0v) is 13.0. The van der Waals surface area contributed by atoms with Crippen molar-refractivity contribution in [3.05, 3.63) is 53.3 Å². The Morgan fingerprint density at radius 3 is 2.95 bits per heavy atom. The lowest BCUT2D eigenvalue weighted by Gasteiger charge is -2.26. The molecule has 1 N–H and O–H groups in total. The highest BCUT2D eigenvalue weighted by molar-refractivity contribution is 5.32. The third-order valence-corrected chi connectivity index (χ3v) is 4.70. The molecule has 3 rings (SSSR count). The summed E-state index contributed by atoms with van der Waals surface area (Å²) in [4.78, 5) is 0. The van der Waals surface area contributed by atoms with Gasteiger partial charge < -0.3 is 5.32 Å². The molecule has 1 aromatic carbocycles. The molecular weight excluding hydrogens is 258 g/mol. The third kappa shape index (κ3) is 3.03. The summed E-state index contributed by atoms with van der Waals surface area (Å²) in [6.07, 6.45) is 9.11. The highest BCUT2D eigenvalue weighted by Gasteiger charge is 2.26. The molecule has 1 aliphatic carbocycles. The van der Waals surface area contributed by atoms with E-state index in [0.717, 1.165) is 13.0 Å². The van der Waals surface area contributed by atoms with Gasteiger partial charge in [0.05, 0.1) is 6.20 Å². The van der Waals surface area contributed by atoms with Crippen molar-refractivity contribution in [2.75, 3.05) is 7.05 Å². The van der Waals surface area contributed by atoms with Crippen LogP contribution < -0.4 is 5.32 Å². The first-order chi connectivity index (χ1) is 10.3. The van der Waals surface area contributed by atoms with E-state index in [-0.39, 0.29) is 0 Å². The van der Waals surface area contributed by atoms with Crippen LogP contribution in [0.15, 0.2) is 36.7 Å². The van der Waals surface area contributed by atoms with Crippen LogP contribution >= 0.6 is 0 Å². The average molecular weight is 283 g/mol. The minimum Gasteiger partial charge on any atom is -0.313 e. The Hall–Kier alpha value is -1.61. The van der Waals surface area contributed by atoms with E-state index in [1.165, 1.54) is 36.0 Å². The third-order valence-electron chi connectivity index (χ3n) is 4.70. The number of nitrogens with one attached hydrogen (secondary N) is 1. The fourth-order valence-electron chi connectivity index (χ4n) is 3.64. The van der Waals surface area contributed by atoms with Crippen molar-refractivity contribution in [1.29, 1.82) is 0 Å². The van der Waals surface area contributed by atoms with E-state index in [0.29, 0.717) is 12.0 Å². The summed E-state index contributed by atoms with van der Waals surface area (Å²) >= 11 is 0. The van der Waals surface area contributed by atoms with Gasteiger partial charge in [0.2, 0.25) is 0 Å². The van der Waals surface area contributed by atoms with Crippen LogP contribution in [0.2, 0.25) is 0 Å². The van der Waals surface area contributed by atoms with Crippen LogP contribution in [0.4, 0.5) is 0 Å². The molecule has 1 heterocycles. The molecule has 0 saturated carbocycles. The molecule has 3 heteroatoms. The second kappa shape index (κ2) is 6.44. The van der Waals surface area contributed by atoms with Crippen molar-refractivity contribution in [3.63, 3.8) is 0 Å². The zero-order valence-electron chi connectivity index (χ0n) is 13.0. The van der Waals surface area contributed by atoms with Crippen LogP contribution in [0.25, 0.3) is 0 Å². The Morgan fingerprint density at radius 1 is 1.33 bits per heavy atom. The smallest absolute Gasteiger partial charge is 0.0521 e. The number of fused-ring (bicyclic) bond motifs is 1. The normalized spacial score (nSPS) is 21.8. The molecule has 2 aromatic rings. The SMILES string of the molecule is CCn1cc(CC2CCCc3ccccc3C2NC)cn1. The van der Waals surface area contributed by atoms with Gasteiger partial charge in [-0.1, -0.05) is 24.3 Å². The Kier molecular flexibility index (Phi) is 4.39. The summed E-state index contributed by atoms with van der Waals surface area (Å²) in [5.74, 6) is 0.646. The molecule has 1 aliphatic rings. The maximum Gasteiger partial charge on any atom is 0.0521 e. The van der Waals surface area contributed by atoms with E-state index < -0.39 is 0 Å². The Bertz CT molecular complexity index is 588. The van der Waals surface area contributed by atoms with Crippen LogP contribution in [-0.2, 0) is 19.4 Å². The standard InChI is InChI=1S/C18H25N3/c1-3-21-13-14(12-20-21)11-16-9-6-8-15-7-4-5-10-17(15)18(16)19-2/h4-5,7,10,12-13,16,18-19H,3,6,8-9,11H2,1-2H3. The molecule has 0 amide bonds. The minimum atomic E-state index is 0.452. The molecule has 0 fully saturated rings. The maximum absolute atomic E-state index is 4.42.